The fourth-order valence-electron chi connectivity index (χ4n) is 7.48. The molecule has 348 valence electrons. The van der Waals surface area contributed by atoms with Crippen LogP contribution in [-0.2, 0) is 27.9 Å². The topological polar surface area (TPSA) is 132 Å². The molecule has 0 rings (SSSR count). The lowest BCUT2D eigenvalue weighted by molar-refractivity contribution is -0.154. The monoisotopic (exact) mass is 849 g/mol. The van der Waals surface area contributed by atoms with E-state index in [1.807, 2.05) is 0 Å². The number of phosphoric ester groups is 1. The second kappa shape index (κ2) is 46.0. The van der Waals surface area contributed by atoms with Crippen LogP contribution in [0, 0.1) is 0 Å². The van der Waals surface area contributed by atoms with E-state index in [0.29, 0.717) is 6.61 Å². The Morgan fingerprint density at radius 3 is 1.12 bits per heavy atom. The van der Waals surface area contributed by atoms with Gasteiger partial charge in [-0.3, -0.25) is 13.8 Å². The van der Waals surface area contributed by atoms with Crippen LogP contribution in [-0.4, -0.2) is 66.3 Å². The van der Waals surface area contributed by atoms with Crippen molar-refractivity contribution >= 4 is 13.8 Å². The van der Waals surface area contributed by atoms with E-state index in [1.54, 1.807) is 0 Å². The van der Waals surface area contributed by atoms with E-state index >= 15 is 0 Å². The van der Waals surface area contributed by atoms with Gasteiger partial charge < -0.3 is 24.6 Å². The molecule has 0 aromatic heterocycles. The van der Waals surface area contributed by atoms with Gasteiger partial charge in [0.05, 0.1) is 26.4 Å². The number of rotatable bonds is 49. The molecule has 0 aliphatic carbocycles. The maximum absolute atomic E-state index is 12.7. The van der Waals surface area contributed by atoms with E-state index in [0.717, 1.165) is 32.1 Å². The van der Waals surface area contributed by atoms with E-state index in [9.17, 15) is 19.4 Å². The summed E-state index contributed by atoms with van der Waals surface area (Å²) >= 11 is 0. The first-order chi connectivity index (χ1) is 28.3. The molecule has 0 fully saturated rings. The second-order valence-corrected chi connectivity index (χ2v) is 18.7. The molecule has 0 aromatic carbocycles. The Kier molecular flexibility index (Phi) is 45.5. The largest absolute Gasteiger partial charge is 0.472 e. The molecule has 3 atom stereocenters. The maximum atomic E-state index is 12.7. The number of aliphatic hydroxyl groups is 2. The number of hydrogen-bond donors (Lipinski definition) is 3. The van der Waals surface area contributed by atoms with E-state index in [2.05, 4.69) is 13.8 Å². The fraction of sp³-hybridized carbons (Fsp3) is 0.979. The molecule has 9 nitrogen and oxygen atoms in total. The molecule has 0 spiro atoms. The van der Waals surface area contributed by atoms with Crippen LogP contribution in [0.1, 0.15) is 258 Å². The Morgan fingerprint density at radius 1 is 0.466 bits per heavy atom. The van der Waals surface area contributed by atoms with Crippen molar-refractivity contribution in [2.24, 2.45) is 0 Å². The van der Waals surface area contributed by atoms with Crippen molar-refractivity contribution in [1.82, 2.24) is 0 Å². The van der Waals surface area contributed by atoms with E-state index in [4.69, 9.17) is 23.6 Å². The van der Waals surface area contributed by atoms with Crippen molar-refractivity contribution in [2.45, 2.75) is 270 Å². The number of esters is 1. The number of aliphatic hydroxyl groups excluding tert-OH is 2. The molecule has 58 heavy (non-hydrogen) atoms. The molecule has 0 aromatic rings. The van der Waals surface area contributed by atoms with Crippen LogP contribution >= 0.6 is 7.82 Å². The van der Waals surface area contributed by atoms with Crippen LogP contribution < -0.4 is 0 Å². The van der Waals surface area contributed by atoms with Crippen LogP contribution in [0.4, 0.5) is 0 Å². The van der Waals surface area contributed by atoms with Crippen molar-refractivity contribution in [2.75, 3.05) is 33.0 Å². The molecule has 0 aliphatic heterocycles. The van der Waals surface area contributed by atoms with Crippen molar-refractivity contribution < 1.29 is 43.0 Å². The predicted molar refractivity (Wildman–Crippen MR) is 242 cm³/mol. The summed E-state index contributed by atoms with van der Waals surface area (Å²) in [6.45, 7) is 3.60. The molecule has 0 saturated heterocycles. The highest BCUT2D eigenvalue weighted by atomic mass is 31.2. The van der Waals surface area contributed by atoms with Gasteiger partial charge in [0.1, 0.15) is 12.2 Å². The Balaban J connectivity index is 4.02. The first-order valence-electron chi connectivity index (χ1n) is 25.0. The van der Waals surface area contributed by atoms with Gasteiger partial charge in [0.25, 0.3) is 0 Å². The molecule has 0 amide bonds. The average Bonchev–Trinajstić information content (AvgIpc) is 3.21. The maximum Gasteiger partial charge on any atom is 0.472 e. The molecule has 10 heteroatoms. The third-order valence-corrected chi connectivity index (χ3v) is 12.2. The average molecular weight is 849 g/mol. The summed E-state index contributed by atoms with van der Waals surface area (Å²) in [4.78, 5) is 22.7. The van der Waals surface area contributed by atoms with Crippen LogP contribution in [0.5, 0.6) is 0 Å². The lowest BCUT2D eigenvalue weighted by Gasteiger charge is -2.20. The lowest BCUT2D eigenvalue weighted by atomic mass is 10.0. The van der Waals surface area contributed by atoms with Gasteiger partial charge in [-0.2, -0.15) is 0 Å². The minimum absolute atomic E-state index is 0.0587. The van der Waals surface area contributed by atoms with Crippen LogP contribution in [0.25, 0.3) is 0 Å². The van der Waals surface area contributed by atoms with E-state index in [-0.39, 0.29) is 25.6 Å². The fourth-order valence-corrected chi connectivity index (χ4v) is 8.27. The standard InChI is InChI=1S/C48H97O9P/c1-3-5-7-9-11-13-15-17-19-21-22-23-25-27-29-31-33-35-37-39-41-54-44-47(45-56-58(52,53)55-43-46(50)42-49)57-48(51)40-38-36-34-32-30-28-26-24-20-18-16-14-12-10-8-6-4-2/h46-47,49-50H,3-45H2,1-2H3,(H,52,53). The minimum Gasteiger partial charge on any atom is -0.457 e. The van der Waals surface area contributed by atoms with Gasteiger partial charge in [-0.15, -0.1) is 0 Å². The van der Waals surface area contributed by atoms with Crippen molar-refractivity contribution in [3.8, 4) is 0 Å². The summed E-state index contributed by atoms with van der Waals surface area (Å²) < 4.78 is 33.5. The molecule has 0 aliphatic rings. The quantitative estimate of drug-likeness (QED) is 0.0311. The summed E-state index contributed by atoms with van der Waals surface area (Å²) in [5, 5.41) is 18.4. The first kappa shape index (κ1) is 57.5. The smallest absolute Gasteiger partial charge is 0.457 e. The number of carbonyl (C=O) groups is 1. The third kappa shape index (κ3) is 45.0. The van der Waals surface area contributed by atoms with Crippen LogP contribution in [0.2, 0.25) is 0 Å². The number of phosphoric acid groups is 1. The summed E-state index contributed by atoms with van der Waals surface area (Å²) in [6.07, 6.45) is 46.4. The molecule has 0 heterocycles. The number of ether oxygens (including phenoxy) is 2. The Hall–Kier alpha value is -0.540. The predicted octanol–water partition coefficient (Wildman–Crippen LogP) is 14.3. The number of unbranched alkanes of at least 4 members (excludes halogenated alkanes) is 35. The van der Waals surface area contributed by atoms with Gasteiger partial charge in [0.15, 0.2) is 0 Å². The molecular weight excluding hydrogens is 751 g/mol. The number of carbonyl (C=O) groups excluding carboxylic acids is 1. The van der Waals surface area contributed by atoms with Crippen LogP contribution in [0.3, 0.4) is 0 Å². The molecule has 0 radical (unpaired) electrons. The number of hydrogen-bond acceptors (Lipinski definition) is 8. The summed E-state index contributed by atoms with van der Waals surface area (Å²) in [5.41, 5.74) is 0. The van der Waals surface area contributed by atoms with Gasteiger partial charge in [-0.05, 0) is 12.8 Å². The van der Waals surface area contributed by atoms with Crippen LogP contribution in [0.15, 0.2) is 0 Å². The van der Waals surface area contributed by atoms with Crippen molar-refractivity contribution in [3.05, 3.63) is 0 Å². The SMILES string of the molecule is CCCCCCCCCCCCCCCCCCCCCCOCC(COP(=O)(O)OCC(O)CO)OC(=O)CCCCCCCCCCCCCCCCCCC. The third-order valence-electron chi connectivity index (χ3n) is 11.3. The van der Waals surface area contributed by atoms with E-state index < -0.39 is 33.2 Å². The normalized spacial score (nSPS) is 13.8. The minimum atomic E-state index is -4.51. The first-order valence-corrected chi connectivity index (χ1v) is 26.5. The summed E-state index contributed by atoms with van der Waals surface area (Å²) in [5.74, 6) is -0.374. The summed E-state index contributed by atoms with van der Waals surface area (Å²) in [6, 6.07) is 0. The highest BCUT2D eigenvalue weighted by Gasteiger charge is 2.26. The van der Waals surface area contributed by atoms with Crippen molar-refractivity contribution in [1.29, 1.82) is 0 Å². The molecule has 3 unspecified atom stereocenters. The molecule has 3 N–H and O–H groups in total. The zero-order valence-corrected chi connectivity index (χ0v) is 39.2. The molecule has 0 saturated carbocycles. The Bertz CT molecular complexity index is 876. The van der Waals surface area contributed by atoms with Gasteiger partial charge in [-0.1, -0.05) is 239 Å². The van der Waals surface area contributed by atoms with E-state index in [1.165, 1.54) is 205 Å². The van der Waals surface area contributed by atoms with Gasteiger partial charge in [-0.25, -0.2) is 4.57 Å². The van der Waals surface area contributed by atoms with Gasteiger partial charge >= 0.3 is 13.8 Å². The summed E-state index contributed by atoms with van der Waals surface area (Å²) in [7, 11) is -4.51. The Labute approximate surface area is 358 Å². The lowest BCUT2D eigenvalue weighted by Crippen LogP contribution is -2.29. The Morgan fingerprint density at radius 2 is 0.776 bits per heavy atom. The van der Waals surface area contributed by atoms with Crippen molar-refractivity contribution in [3.63, 3.8) is 0 Å². The zero-order valence-electron chi connectivity index (χ0n) is 38.3. The highest BCUT2D eigenvalue weighted by Crippen LogP contribution is 2.43. The molecular formula is C48H97O9P. The zero-order chi connectivity index (χ0) is 42.5. The molecule has 0 bridgehead atoms. The van der Waals surface area contributed by atoms with Gasteiger partial charge in [0, 0.05) is 13.0 Å². The second-order valence-electron chi connectivity index (χ2n) is 17.2. The van der Waals surface area contributed by atoms with Gasteiger partial charge in [0.2, 0.25) is 0 Å². The highest BCUT2D eigenvalue weighted by molar-refractivity contribution is 7.47.